The molecular weight excluding hydrogens is 330 g/mol. The third-order valence-corrected chi connectivity index (χ3v) is 4.00. The first-order valence-electron chi connectivity index (χ1n) is 8.42. The molecule has 2 aromatic heterocycles. The van der Waals surface area contributed by atoms with Crippen LogP contribution in [0.15, 0.2) is 55.2 Å². The van der Waals surface area contributed by atoms with Crippen LogP contribution in [0.4, 0.5) is 28.8 Å². The molecule has 0 aliphatic carbocycles. The number of nitrogens with zero attached hydrogens (tertiary/aromatic N) is 5. The van der Waals surface area contributed by atoms with E-state index in [-0.39, 0.29) is 0 Å². The Labute approximate surface area is 151 Å². The molecule has 132 valence electrons. The van der Waals surface area contributed by atoms with Crippen LogP contribution in [0.1, 0.15) is 0 Å². The third kappa shape index (κ3) is 4.04. The molecule has 3 heterocycles. The number of aromatic nitrogens is 4. The molecular formula is C18H19N7O. The lowest BCUT2D eigenvalue weighted by molar-refractivity contribution is 0.122. The molecule has 3 aromatic rings. The van der Waals surface area contributed by atoms with Gasteiger partial charge in [-0.2, -0.15) is 0 Å². The molecule has 8 nitrogen and oxygen atoms in total. The minimum absolute atomic E-state index is 0.631. The molecule has 1 aliphatic heterocycles. The fourth-order valence-corrected chi connectivity index (χ4v) is 2.71. The zero-order valence-corrected chi connectivity index (χ0v) is 14.2. The number of hydrogen-bond donors (Lipinski definition) is 2. The van der Waals surface area contributed by atoms with E-state index in [1.165, 1.54) is 12.0 Å². The summed E-state index contributed by atoms with van der Waals surface area (Å²) in [5.74, 6) is 1.98. The summed E-state index contributed by atoms with van der Waals surface area (Å²) in [6.07, 6.45) is 6.39. The van der Waals surface area contributed by atoms with E-state index in [4.69, 9.17) is 4.74 Å². The molecule has 2 N–H and O–H groups in total. The molecule has 0 spiro atoms. The van der Waals surface area contributed by atoms with Gasteiger partial charge in [-0.3, -0.25) is 4.98 Å². The van der Waals surface area contributed by atoms with Gasteiger partial charge in [0.2, 0.25) is 0 Å². The Bertz CT molecular complexity index is 836. The van der Waals surface area contributed by atoms with Gasteiger partial charge in [0.25, 0.3) is 0 Å². The molecule has 0 radical (unpaired) electrons. The smallest absolute Gasteiger partial charge is 0.150 e. The van der Waals surface area contributed by atoms with Gasteiger partial charge in [-0.1, -0.05) is 0 Å². The maximum absolute atomic E-state index is 5.40. The van der Waals surface area contributed by atoms with Gasteiger partial charge >= 0.3 is 0 Å². The van der Waals surface area contributed by atoms with Gasteiger partial charge in [-0.15, -0.1) is 0 Å². The van der Waals surface area contributed by atoms with Crippen LogP contribution in [0.2, 0.25) is 0 Å². The first kappa shape index (κ1) is 16.2. The van der Waals surface area contributed by atoms with Crippen LogP contribution in [0.3, 0.4) is 0 Å². The summed E-state index contributed by atoms with van der Waals surface area (Å²) in [7, 11) is 0. The summed E-state index contributed by atoms with van der Waals surface area (Å²) >= 11 is 0. The van der Waals surface area contributed by atoms with Gasteiger partial charge in [0.05, 0.1) is 19.4 Å². The predicted octanol–water partition coefficient (Wildman–Crippen LogP) is 2.59. The SMILES string of the molecule is c1cnc(Nc2cc(Nc3ccc(N4CCOCC4)cc3)ncn2)cn1. The first-order valence-corrected chi connectivity index (χ1v) is 8.42. The molecule has 26 heavy (non-hydrogen) atoms. The van der Waals surface area contributed by atoms with E-state index >= 15 is 0 Å². The van der Waals surface area contributed by atoms with Crippen molar-refractivity contribution in [2.45, 2.75) is 0 Å². The standard InChI is InChI=1S/C18H19N7O/c1-3-15(25-7-9-26-10-8-25)4-2-14(1)23-16-11-17(22-13-21-16)24-18-12-19-5-6-20-18/h1-6,11-13H,7-10H2,(H2,20,21,22,23,24). The second-order valence-corrected chi connectivity index (χ2v) is 5.78. The van der Waals surface area contributed by atoms with Crippen LogP contribution in [0.25, 0.3) is 0 Å². The Kier molecular flexibility index (Phi) is 4.83. The van der Waals surface area contributed by atoms with E-state index in [2.05, 4.69) is 47.6 Å². The van der Waals surface area contributed by atoms with E-state index in [1.807, 2.05) is 18.2 Å². The summed E-state index contributed by atoms with van der Waals surface area (Å²) in [4.78, 5) is 19.0. The van der Waals surface area contributed by atoms with Crippen molar-refractivity contribution in [1.82, 2.24) is 19.9 Å². The molecule has 1 aromatic carbocycles. The van der Waals surface area contributed by atoms with E-state index in [0.717, 1.165) is 32.0 Å². The molecule has 1 fully saturated rings. The van der Waals surface area contributed by atoms with Gasteiger partial charge in [-0.05, 0) is 24.3 Å². The van der Waals surface area contributed by atoms with Crippen LogP contribution in [0, 0.1) is 0 Å². The van der Waals surface area contributed by atoms with Crippen molar-refractivity contribution in [3.63, 3.8) is 0 Å². The van der Waals surface area contributed by atoms with Crippen LogP contribution in [0.5, 0.6) is 0 Å². The number of ether oxygens (including phenoxy) is 1. The monoisotopic (exact) mass is 349 g/mol. The second-order valence-electron chi connectivity index (χ2n) is 5.78. The van der Waals surface area contributed by atoms with Gasteiger partial charge in [0.15, 0.2) is 0 Å². The molecule has 0 atom stereocenters. The zero-order chi connectivity index (χ0) is 17.6. The van der Waals surface area contributed by atoms with Crippen molar-refractivity contribution in [2.24, 2.45) is 0 Å². The average Bonchev–Trinajstić information content (AvgIpc) is 2.70. The van der Waals surface area contributed by atoms with E-state index in [1.54, 1.807) is 18.6 Å². The summed E-state index contributed by atoms with van der Waals surface area (Å²) in [6, 6.07) is 10.1. The summed E-state index contributed by atoms with van der Waals surface area (Å²) in [5.41, 5.74) is 2.16. The minimum atomic E-state index is 0.631. The highest BCUT2D eigenvalue weighted by Gasteiger charge is 2.10. The lowest BCUT2D eigenvalue weighted by Gasteiger charge is -2.28. The number of rotatable bonds is 5. The average molecular weight is 349 g/mol. The normalized spacial score (nSPS) is 14.1. The van der Waals surface area contributed by atoms with E-state index in [9.17, 15) is 0 Å². The highest BCUT2D eigenvalue weighted by atomic mass is 16.5. The molecule has 4 rings (SSSR count). The number of morpholine rings is 1. The molecule has 1 saturated heterocycles. The maximum Gasteiger partial charge on any atom is 0.150 e. The van der Waals surface area contributed by atoms with Crippen molar-refractivity contribution in [3.05, 3.63) is 55.2 Å². The minimum Gasteiger partial charge on any atom is -0.378 e. The lowest BCUT2D eigenvalue weighted by atomic mass is 10.2. The number of nitrogens with one attached hydrogen (secondary N) is 2. The van der Waals surface area contributed by atoms with Gasteiger partial charge in [-0.25, -0.2) is 15.0 Å². The van der Waals surface area contributed by atoms with Crippen molar-refractivity contribution in [2.75, 3.05) is 41.8 Å². The van der Waals surface area contributed by atoms with Gasteiger partial charge in [0.1, 0.15) is 23.8 Å². The molecule has 0 amide bonds. The third-order valence-electron chi connectivity index (χ3n) is 4.00. The Balaban J connectivity index is 1.43. The van der Waals surface area contributed by atoms with Crippen molar-refractivity contribution in [1.29, 1.82) is 0 Å². The summed E-state index contributed by atoms with van der Waals surface area (Å²) in [6.45, 7) is 3.41. The van der Waals surface area contributed by atoms with E-state index < -0.39 is 0 Å². The summed E-state index contributed by atoms with van der Waals surface area (Å²) in [5, 5.41) is 6.39. The topological polar surface area (TPSA) is 88.1 Å². The lowest BCUT2D eigenvalue weighted by Crippen LogP contribution is -2.36. The predicted molar refractivity (Wildman–Crippen MR) is 100 cm³/mol. The molecule has 0 bridgehead atoms. The highest BCUT2D eigenvalue weighted by Crippen LogP contribution is 2.22. The van der Waals surface area contributed by atoms with Gasteiger partial charge < -0.3 is 20.3 Å². The van der Waals surface area contributed by atoms with Crippen LogP contribution < -0.4 is 15.5 Å². The number of benzene rings is 1. The molecule has 0 saturated carbocycles. The van der Waals surface area contributed by atoms with Crippen molar-refractivity contribution < 1.29 is 4.74 Å². The van der Waals surface area contributed by atoms with Crippen molar-refractivity contribution in [3.8, 4) is 0 Å². The fourth-order valence-electron chi connectivity index (χ4n) is 2.71. The Morgan fingerprint density at radius 2 is 1.62 bits per heavy atom. The number of hydrogen-bond acceptors (Lipinski definition) is 8. The Morgan fingerprint density at radius 3 is 2.35 bits per heavy atom. The largest absolute Gasteiger partial charge is 0.378 e. The van der Waals surface area contributed by atoms with Crippen LogP contribution in [-0.2, 0) is 4.74 Å². The van der Waals surface area contributed by atoms with Crippen LogP contribution in [-0.4, -0.2) is 46.2 Å². The Hall–Kier alpha value is -3.26. The quantitative estimate of drug-likeness (QED) is 0.727. The van der Waals surface area contributed by atoms with Gasteiger partial charge in [0, 0.05) is 42.9 Å². The molecule has 0 unspecified atom stereocenters. The zero-order valence-electron chi connectivity index (χ0n) is 14.2. The van der Waals surface area contributed by atoms with E-state index in [0.29, 0.717) is 17.5 Å². The van der Waals surface area contributed by atoms with Crippen LogP contribution >= 0.6 is 0 Å². The van der Waals surface area contributed by atoms with Crippen molar-refractivity contribution >= 4 is 28.8 Å². The number of anilines is 5. The molecule has 1 aliphatic rings. The second kappa shape index (κ2) is 7.75. The molecule has 8 heteroatoms. The maximum atomic E-state index is 5.40. The fraction of sp³-hybridized carbons (Fsp3) is 0.222. The highest BCUT2D eigenvalue weighted by molar-refractivity contribution is 5.63. The summed E-state index contributed by atoms with van der Waals surface area (Å²) < 4.78 is 5.40. The first-order chi connectivity index (χ1) is 12.9. The Morgan fingerprint density at radius 1 is 0.846 bits per heavy atom.